The summed E-state index contributed by atoms with van der Waals surface area (Å²) >= 11 is 12.4. The van der Waals surface area contributed by atoms with Crippen LogP contribution in [0.2, 0.25) is 10.0 Å². The lowest BCUT2D eigenvalue weighted by atomic mass is 9.80. The first-order chi connectivity index (χ1) is 16.7. The lowest BCUT2D eigenvalue weighted by Crippen LogP contribution is -2.53. The lowest BCUT2D eigenvalue weighted by molar-refractivity contribution is -0.124. The van der Waals surface area contributed by atoms with Gasteiger partial charge in [0.15, 0.2) is 0 Å². The molecular weight excluding hydrogens is 485 g/mol. The predicted octanol–water partition coefficient (Wildman–Crippen LogP) is 4.64. The first-order valence-electron chi connectivity index (χ1n) is 11.2. The predicted molar refractivity (Wildman–Crippen MR) is 134 cm³/mol. The minimum absolute atomic E-state index is 0.295. The number of nitrogens with zero attached hydrogens (tertiary/aromatic N) is 5. The minimum atomic E-state index is -1.12. The Morgan fingerprint density at radius 1 is 1.06 bits per heavy atom. The van der Waals surface area contributed by atoms with Crippen molar-refractivity contribution in [3.05, 3.63) is 87.7 Å². The molecule has 9 heteroatoms. The monoisotopic (exact) mass is 507 g/mol. The van der Waals surface area contributed by atoms with Crippen molar-refractivity contribution in [2.45, 2.75) is 18.0 Å². The number of hydrogen-bond acceptors (Lipinski definition) is 4. The molecule has 2 fully saturated rings. The number of hydrogen-bond donors (Lipinski definition) is 0. The van der Waals surface area contributed by atoms with Crippen molar-refractivity contribution in [1.82, 2.24) is 14.4 Å². The van der Waals surface area contributed by atoms with Crippen molar-refractivity contribution in [2.75, 3.05) is 25.0 Å². The SMILES string of the molecule is CN1C(=O)N(c2cc(Cl)cc(Cl)c2)C(=O)[C@]12CN(Cc1cccn1C)C[C@H]2c1ccc(C#N)cc1. The number of carbonyl (C=O) groups excluding carboxylic acids is 2. The molecule has 2 atom stereocenters. The van der Waals surface area contributed by atoms with Gasteiger partial charge in [-0.3, -0.25) is 9.69 Å². The molecule has 0 aliphatic carbocycles. The molecule has 3 aromatic rings. The average molecular weight is 508 g/mol. The Kier molecular flexibility index (Phi) is 5.84. The molecule has 0 saturated carbocycles. The summed E-state index contributed by atoms with van der Waals surface area (Å²) < 4.78 is 2.05. The van der Waals surface area contributed by atoms with Crippen molar-refractivity contribution in [3.63, 3.8) is 0 Å². The van der Waals surface area contributed by atoms with E-state index in [1.165, 1.54) is 4.90 Å². The Morgan fingerprint density at radius 2 is 1.74 bits per heavy atom. The number of anilines is 1. The van der Waals surface area contributed by atoms with Gasteiger partial charge in [0.25, 0.3) is 5.91 Å². The second-order valence-electron chi connectivity index (χ2n) is 9.10. The van der Waals surface area contributed by atoms with Crippen LogP contribution in [-0.4, -0.2) is 52.0 Å². The van der Waals surface area contributed by atoms with Gasteiger partial charge in [-0.05, 0) is 48.0 Å². The average Bonchev–Trinajstić information content (AvgIpc) is 3.46. The summed E-state index contributed by atoms with van der Waals surface area (Å²) in [6, 6.07) is 17.7. The highest BCUT2D eigenvalue weighted by molar-refractivity contribution is 6.35. The Labute approximate surface area is 213 Å². The van der Waals surface area contributed by atoms with Gasteiger partial charge in [-0.2, -0.15) is 5.26 Å². The maximum atomic E-state index is 14.2. The lowest BCUT2D eigenvalue weighted by Gasteiger charge is -2.34. The van der Waals surface area contributed by atoms with Crippen LogP contribution in [0, 0.1) is 11.3 Å². The Balaban J connectivity index is 1.59. The molecule has 0 unspecified atom stereocenters. The summed E-state index contributed by atoms with van der Waals surface area (Å²) in [5.74, 6) is -0.608. The zero-order valence-corrected chi connectivity index (χ0v) is 20.8. The van der Waals surface area contributed by atoms with Crippen LogP contribution in [0.4, 0.5) is 10.5 Å². The molecule has 3 amide bonds. The molecule has 1 aromatic heterocycles. The molecule has 3 heterocycles. The molecule has 5 rings (SSSR count). The molecule has 178 valence electrons. The van der Waals surface area contributed by atoms with Crippen LogP contribution in [0.25, 0.3) is 0 Å². The largest absolute Gasteiger partial charge is 0.353 e. The quantitative estimate of drug-likeness (QED) is 0.482. The van der Waals surface area contributed by atoms with Gasteiger partial charge >= 0.3 is 6.03 Å². The van der Waals surface area contributed by atoms with Gasteiger partial charge in [-0.25, -0.2) is 9.69 Å². The number of aryl methyl sites for hydroxylation is 1. The Hall–Kier alpha value is -3.31. The van der Waals surface area contributed by atoms with Crippen LogP contribution >= 0.6 is 23.2 Å². The van der Waals surface area contributed by atoms with Gasteiger partial charge in [-0.1, -0.05) is 35.3 Å². The molecule has 0 N–H and O–H groups in total. The molecule has 2 aliphatic rings. The van der Waals surface area contributed by atoms with E-state index in [-0.39, 0.29) is 11.8 Å². The van der Waals surface area contributed by atoms with Crippen LogP contribution in [0.5, 0.6) is 0 Å². The van der Waals surface area contributed by atoms with E-state index >= 15 is 0 Å². The molecule has 2 saturated heterocycles. The molecule has 35 heavy (non-hydrogen) atoms. The first-order valence-corrected chi connectivity index (χ1v) is 11.9. The summed E-state index contributed by atoms with van der Waals surface area (Å²) in [7, 11) is 3.66. The third-order valence-electron chi connectivity index (χ3n) is 7.12. The van der Waals surface area contributed by atoms with Gasteiger partial charge in [-0.15, -0.1) is 0 Å². The number of carbonyl (C=O) groups is 2. The minimum Gasteiger partial charge on any atom is -0.353 e. The van der Waals surface area contributed by atoms with Gasteiger partial charge in [0.1, 0.15) is 5.54 Å². The van der Waals surface area contributed by atoms with Crippen LogP contribution in [-0.2, 0) is 18.4 Å². The van der Waals surface area contributed by atoms with Crippen molar-refractivity contribution in [1.29, 1.82) is 5.26 Å². The van der Waals surface area contributed by atoms with E-state index in [4.69, 9.17) is 23.2 Å². The number of imide groups is 1. The van der Waals surface area contributed by atoms with Gasteiger partial charge in [0, 0.05) is 61.6 Å². The number of benzene rings is 2. The zero-order valence-electron chi connectivity index (χ0n) is 19.3. The molecule has 7 nitrogen and oxygen atoms in total. The van der Waals surface area contributed by atoms with Gasteiger partial charge in [0.2, 0.25) is 0 Å². The maximum absolute atomic E-state index is 14.2. The summed E-state index contributed by atoms with van der Waals surface area (Å²) in [5.41, 5.74) is 1.78. The number of nitriles is 1. The number of halogens is 2. The molecule has 0 radical (unpaired) electrons. The highest BCUT2D eigenvalue weighted by atomic mass is 35.5. The third-order valence-corrected chi connectivity index (χ3v) is 7.55. The second-order valence-corrected chi connectivity index (χ2v) is 9.97. The number of aromatic nitrogens is 1. The summed E-state index contributed by atoms with van der Waals surface area (Å²) in [4.78, 5) is 32.7. The Morgan fingerprint density at radius 3 is 2.34 bits per heavy atom. The normalized spacial score (nSPS) is 22.4. The van der Waals surface area contributed by atoms with Crippen LogP contribution in [0.3, 0.4) is 0 Å². The summed E-state index contributed by atoms with van der Waals surface area (Å²) in [6.07, 6.45) is 1.99. The fraction of sp³-hybridized carbons (Fsp3) is 0.269. The molecule has 2 aromatic carbocycles. The number of likely N-dealkylation sites (tertiary alicyclic amines) is 1. The fourth-order valence-corrected chi connectivity index (χ4v) is 5.82. The Bertz CT molecular complexity index is 1340. The van der Waals surface area contributed by atoms with E-state index in [0.29, 0.717) is 40.9 Å². The third kappa shape index (κ3) is 3.79. The van der Waals surface area contributed by atoms with Crippen molar-refractivity contribution >= 4 is 40.8 Å². The molecule has 1 spiro atoms. The molecule has 0 bridgehead atoms. The fourth-order valence-electron chi connectivity index (χ4n) is 5.30. The summed E-state index contributed by atoms with van der Waals surface area (Å²) in [5, 5.41) is 9.93. The van der Waals surface area contributed by atoms with Gasteiger partial charge < -0.3 is 9.47 Å². The van der Waals surface area contributed by atoms with E-state index < -0.39 is 11.6 Å². The van der Waals surface area contributed by atoms with E-state index in [1.807, 2.05) is 42.1 Å². The van der Waals surface area contributed by atoms with E-state index in [9.17, 15) is 14.9 Å². The van der Waals surface area contributed by atoms with Crippen molar-refractivity contribution in [3.8, 4) is 6.07 Å². The second kappa shape index (κ2) is 8.72. The topological polar surface area (TPSA) is 72.6 Å². The van der Waals surface area contributed by atoms with E-state index in [2.05, 4.69) is 11.0 Å². The summed E-state index contributed by atoms with van der Waals surface area (Å²) in [6.45, 7) is 1.58. The number of rotatable bonds is 4. The molecule has 2 aliphatic heterocycles. The maximum Gasteiger partial charge on any atom is 0.332 e. The number of likely N-dealkylation sites (N-methyl/N-ethyl adjacent to an activating group) is 1. The van der Waals surface area contributed by atoms with Gasteiger partial charge in [0.05, 0.1) is 17.3 Å². The van der Waals surface area contributed by atoms with Crippen molar-refractivity contribution in [2.24, 2.45) is 7.05 Å². The van der Waals surface area contributed by atoms with Crippen LogP contribution in [0.15, 0.2) is 60.8 Å². The molecular formula is C26H23Cl2N5O2. The highest BCUT2D eigenvalue weighted by Gasteiger charge is 2.64. The first kappa shape index (κ1) is 23.4. The van der Waals surface area contributed by atoms with E-state index in [0.717, 1.165) is 11.3 Å². The van der Waals surface area contributed by atoms with Crippen LogP contribution < -0.4 is 4.90 Å². The number of amides is 3. The van der Waals surface area contributed by atoms with Crippen LogP contribution in [0.1, 0.15) is 22.7 Å². The van der Waals surface area contributed by atoms with E-state index in [1.54, 1.807) is 42.3 Å². The smallest absolute Gasteiger partial charge is 0.332 e. The highest BCUT2D eigenvalue weighted by Crippen LogP contribution is 2.47. The number of urea groups is 1. The zero-order chi connectivity index (χ0) is 24.9. The standard InChI is InChI=1S/C26H23Cl2N5O2/c1-30-9-3-4-21(30)14-32-15-23(18-7-5-17(13-29)6-8-18)26(16-32)24(34)33(25(35)31(26)2)22-11-19(27)10-20(28)12-22/h3-12,23H,14-16H2,1-2H3/t23-,26+/m0/s1. The van der Waals surface area contributed by atoms with Crippen molar-refractivity contribution < 1.29 is 9.59 Å².